The van der Waals surface area contributed by atoms with Gasteiger partial charge in [0.15, 0.2) is 5.11 Å². The summed E-state index contributed by atoms with van der Waals surface area (Å²) in [5.41, 5.74) is 5.03. The van der Waals surface area contributed by atoms with E-state index in [4.69, 9.17) is 17.3 Å². The third-order valence-electron chi connectivity index (χ3n) is 0.800. The minimum absolute atomic E-state index is 0.0135. The molecule has 5 heteroatoms. The van der Waals surface area contributed by atoms with Crippen molar-refractivity contribution in [1.29, 1.82) is 0 Å². The quantitative estimate of drug-likeness (QED) is 0.487. The number of rotatable bonds is 3. The first-order chi connectivity index (χ1) is 4.66. The summed E-state index contributed by atoms with van der Waals surface area (Å²) in [6.07, 6.45) is 1.02. The van der Waals surface area contributed by atoms with Crippen LogP contribution in [0.1, 0.15) is 12.8 Å². The molecule has 0 saturated carbocycles. The average Bonchev–Trinajstić information content (AvgIpc) is 1.82. The Morgan fingerprint density at radius 3 is 2.70 bits per heavy atom. The van der Waals surface area contributed by atoms with E-state index in [1.54, 1.807) is 0 Å². The number of alkyl halides is 1. The van der Waals surface area contributed by atoms with Crippen molar-refractivity contribution < 1.29 is 4.79 Å². The first-order valence-corrected chi connectivity index (χ1v) is 3.76. The number of nitrogens with one attached hydrogen (secondary N) is 1. The van der Waals surface area contributed by atoms with Gasteiger partial charge in [0, 0.05) is 12.3 Å². The first kappa shape index (κ1) is 9.65. The lowest BCUT2D eigenvalue weighted by molar-refractivity contribution is -0.119. The molecule has 3 nitrogen and oxygen atoms in total. The molecule has 0 spiro atoms. The Balaban J connectivity index is 3.35. The molecule has 0 heterocycles. The molecule has 3 N–H and O–H groups in total. The molecule has 0 aliphatic carbocycles. The molecule has 0 aromatic heterocycles. The van der Waals surface area contributed by atoms with Gasteiger partial charge in [-0.15, -0.1) is 11.6 Å². The molecule has 0 radical (unpaired) electrons. The second-order valence-electron chi connectivity index (χ2n) is 1.70. The fourth-order valence-electron chi connectivity index (χ4n) is 0.427. The van der Waals surface area contributed by atoms with Crippen LogP contribution in [-0.4, -0.2) is 16.9 Å². The van der Waals surface area contributed by atoms with E-state index in [0.717, 1.165) is 0 Å². The maximum absolute atomic E-state index is 10.7. The summed E-state index contributed by atoms with van der Waals surface area (Å²) in [6, 6.07) is 0. The van der Waals surface area contributed by atoms with Crippen LogP contribution in [0.5, 0.6) is 0 Å². The SMILES string of the molecule is NC(=S)NC(=O)CCCCl. The monoisotopic (exact) mass is 180 g/mol. The van der Waals surface area contributed by atoms with Crippen molar-refractivity contribution in [3.05, 3.63) is 0 Å². The zero-order valence-corrected chi connectivity index (χ0v) is 6.97. The summed E-state index contributed by atoms with van der Waals surface area (Å²) in [6.45, 7) is 0. The van der Waals surface area contributed by atoms with E-state index in [-0.39, 0.29) is 11.0 Å². The molecule has 0 bridgehead atoms. The Labute approximate surface area is 69.9 Å². The van der Waals surface area contributed by atoms with Gasteiger partial charge in [-0.05, 0) is 18.6 Å². The normalized spacial score (nSPS) is 8.90. The van der Waals surface area contributed by atoms with Crippen LogP contribution in [-0.2, 0) is 4.79 Å². The summed E-state index contributed by atoms with van der Waals surface area (Å²) in [7, 11) is 0. The van der Waals surface area contributed by atoms with Gasteiger partial charge in [0.2, 0.25) is 5.91 Å². The number of carbonyl (C=O) groups excluding carboxylic acids is 1. The number of halogens is 1. The molecule has 0 unspecified atom stereocenters. The second-order valence-corrected chi connectivity index (χ2v) is 2.52. The van der Waals surface area contributed by atoms with Gasteiger partial charge in [0.05, 0.1) is 0 Å². The topological polar surface area (TPSA) is 55.1 Å². The van der Waals surface area contributed by atoms with Crippen LogP contribution in [0.2, 0.25) is 0 Å². The number of thiocarbonyl (C=S) groups is 1. The van der Waals surface area contributed by atoms with Crippen LogP contribution < -0.4 is 11.1 Å². The molecule has 0 aromatic carbocycles. The molecule has 1 amide bonds. The third-order valence-corrected chi connectivity index (χ3v) is 1.17. The predicted molar refractivity (Wildman–Crippen MR) is 44.9 cm³/mol. The number of amides is 1. The van der Waals surface area contributed by atoms with Crippen molar-refractivity contribution in [3.63, 3.8) is 0 Å². The summed E-state index contributed by atoms with van der Waals surface area (Å²) in [5, 5.41) is 2.30. The van der Waals surface area contributed by atoms with Gasteiger partial charge in [-0.3, -0.25) is 4.79 Å². The standard InChI is InChI=1S/C5H9ClN2OS/c6-3-1-2-4(9)8-5(7)10/h1-3H2,(H3,7,8,9,10). The minimum Gasteiger partial charge on any atom is -0.376 e. The van der Waals surface area contributed by atoms with E-state index >= 15 is 0 Å². The van der Waals surface area contributed by atoms with Crippen molar-refractivity contribution in [2.75, 3.05) is 5.88 Å². The number of hydrogen-bond acceptors (Lipinski definition) is 2. The summed E-state index contributed by atoms with van der Waals surface area (Å²) in [5.74, 6) is 0.304. The Bertz CT molecular complexity index is 140. The highest BCUT2D eigenvalue weighted by molar-refractivity contribution is 7.80. The Morgan fingerprint density at radius 1 is 1.70 bits per heavy atom. The van der Waals surface area contributed by atoms with Crippen LogP contribution in [0.15, 0.2) is 0 Å². The molecule has 0 aliphatic rings. The van der Waals surface area contributed by atoms with Gasteiger partial charge < -0.3 is 11.1 Å². The first-order valence-electron chi connectivity index (χ1n) is 2.82. The fourth-order valence-corrected chi connectivity index (χ4v) is 0.675. The largest absolute Gasteiger partial charge is 0.376 e. The van der Waals surface area contributed by atoms with Crippen molar-refractivity contribution in [1.82, 2.24) is 5.32 Å². The van der Waals surface area contributed by atoms with Gasteiger partial charge in [0.1, 0.15) is 0 Å². The summed E-state index contributed by atoms with van der Waals surface area (Å²) in [4.78, 5) is 10.7. The van der Waals surface area contributed by atoms with Crippen molar-refractivity contribution in [2.24, 2.45) is 5.73 Å². The molecule has 0 saturated heterocycles. The van der Waals surface area contributed by atoms with Crippen molar-refractivity contribution in [3.8, 4) is 0 Å². The minimum atomic E-state index is -0.173. The Morgan fingerprint density at radius 2 is 2.30 bits per heavy atom. The van der Waals surface area contributed by atoms with E-state index in [2.05, 4.69) is 17.5 Å². The number of carbonyl (C=O) groups is 1. The predicted octanol–water partition coefficient (Wildman–Crippen LogP) is 0.365. The van der Waals surface area contributed by atoms with Crippen LogP contribution in [0.25, 0.3) is 0 Å². The van der Waals surface area contributed by atoms with Gasteiger partial charge >= 0.3 is 0 Å². The smallest absolute Gasteiger partial charge is 0.226 e. The van der Waals surface area contributed by atoms with Gasteiger partial charge in [-0.2, -0.15) is 0 Å². The molecular formula is C5H9ClN2OS. The zero-order chi connectivity index (χ0) is 7.98. The van der Waals surface area contributed by atoms with E-state index in [1.165, 1.54) is 0 Å². The van der Waals surface area contributed by atoms with Crippen LogP contribution in [0.4, 0.5) is 0 Å². The molecule has 0 rings (SSSR count). The fraction of sp³-hybridized carbons (Fsp3) is 0.600. The average molecular weight is 181 g/mol. The molecule has 58 valence electrons. The van der Waals surface area contributed by atoms with Crippen molar-refractivity contribution >= 4 is 34.8 Å². The van der Waals surface area contributed by atoms with Crippen LogP contribution in [0, 0.1) is 0 Å². The van der Waals surface area contributed by atoms with E-state index in [1.807, 2.05) is 0 Å². The summed E-state index contributed by atoms with van der Waals surface area (Å²) >= 11 is 9.77. The van der Waals surface area contributed by atoms with Crippen LogP contribution in [0.3, 0.4) is 0 Å². The maximum Gasteiger partial charge on any atom is 0.226 e. The van der Waals surface area contributed by atoms with Gasteiger partial charge in [-0.25, -0.2) is 0 Å². The van der Waals surface area contributed by atoms with Crippen LogP contribution >= 0.6 is 23.8 Å². The lowest BCUT2D eigenvalue weighted by Crippen LogP contribution is -2.34. The molecular weight excluding hydrogens is 172 g/mol. The maximum atomic E-state index is 10.7. The second kappa shape index (κ2) is 5.44. The van der Waals surface area contributed by atoms with Crippen molar-refractivity contribution in [2.45, 2.75) is 12.8 Å². The summed E-state index contributed by atoms with van der Waals surface area (Å²) < 4.78 is 0. The lowest BCUT2D eigenvalue weighted by atomic mass is 10.3. The third kappa shape index (κ3) is 5.78. The molecule has 0 atom stereocenters. The van der Waals surface area contributed by atoms with E-state index in [9.17, 15) is 4.79 Å². The molecule has 10 heavy (non-hydrogen) atoms. The van der Waals surface area contributed by atoms with E-state index < -0.39 is 0 Å². The molecule has 0 fully saturated rings. The number of nitrogens with two attached hydrogens (primary N) is 1. The molecule has 0 aliphatic heterocycles. The molecule has 0 aromatic rings. The van der Waals surface area contributed by atoms with Gasteiger partial charge in [0.25, 0.3) is 0 Å². The van der Waals surface area contributed by atoms with Gasteiger partial charge in [-0.1, -0.05) is 0 Å². The zero-order valence-electron chi connectivity index (χ0n) is 5.39. The Hall–Kier alpha value is -0.350. The van der Waals surface area contributed by atoms with E-state index in [0.29, 0.717) is 18.7 Å². The highest BCUT2D eigenvalue weighted by Crippen LogP contribution is 1.90. The highest BCUT2D eigenvalue weighted by atomic mass is 35.5. The number of hydrogen-bond donors (Lipinski definition) is 2. The lowest BCUT2D eigenvalue weighted by Gasteiger charge is -1.99. The highest BCUT2D eigenvalue weighted by Gasteiger charge is 1.99. The Kier molecular flexibility index (Phi) is 5.25.